The summed E-state index contributed by atoms with van der Waals surface area (Å²) < 4.78 is 11.6. The van der Waals surface area contributed by atoms with Gasteiger partial charge in [0.1, 0.15) is 11.7 Å². The summed E-state index contributed by atoms with van der Waals surface area (Å²) in [5, 5.41) is 15.8. The summed E-state index contributed by atoms with van der Waals surface area (Å²) in [5.74, 6) is -4.33. The molecule has 1 aromatic carbocycles. The molecule has 45 heavy (non-hydrogen) atoms. The Morgan fingerprint density at radius 2 is 1.64 bits per heavy atom. The number of carbonyl (C=O) groups excluding carboxylic acids is 5. The van der Waals surface area contributed by atoms with Gasteiger partial charge in [-0.25, -0.2) is 4.98 Å². The van der Waals surface area contributed by atoms with Crippen molar-refractivity contribution in [3.8, 4) is 11.3 Å². The molecule has 0 saturated carbocycles. The van der Waals surface area contributed by atoms with Crippen molar-refractivity contribution < 1.29 is 38.4 Å². The fraction of sp³-hybridized carbons (Fsp3) is 0.484. The molecule has 1 aliphatic heterocycles. The van der Waals surface area contributed by atoms with Gasteiger partial charge in [0.05, 0.1) is 30.6 Å². The Morgan fingerprint density at radius 3 is 2.22 bits per heavy atom. The molecule has 242 valence electrons. The topological polar surface area (TPSA) is 167 Å². The summed E-state index contributed by atoms with van der Waals surface area (Å²) in [6.07, 6.45) is -2.01. The van der Waals surface area contributed by atoms with Gasteiger partial charge in [-0.05, 0) is 31.4 Å². The lowest BCUT2D eigenvalue weighted by molar-refractivity contribution is -0.167. The first kappa shape index (κ1) is 35.2. The van der Waals surface area contributed by atoms with Crippen LogP contribution >= 0.6 is 0 Å². The maximum atomic E-state index is 13.6. The van der Waals surface area contributed by atoms with Crippen LogP contribution in [0.3, 0.4) is 0 Å². The minimum atomic E-state index is -1.86. The third-order valence-corrected chi connectivity index (χ3v) is 7.24. The Kier molecular flexibility index (Phi) is 11.8. The maximum absolute atomic E-state index is 13.6. The standard InChI is InChI=1S/C31H42BN5O8/c1-19(2)16-24(32-44-26(40)18-31(45-32,30(43)37(6)7)17-25(39)36(4)5)34-29(42)27(20(3)38)35-28(41)23-15-11-14-22(33-23)21-12-9-8-10-13-21/h8-15,19-20,24,27,38H,16-18H2,1-7H3,(H,34,42)(H,35,41)/t20-,24+,27?,31-/m1/s1. The zero-order chi connectivity index (χ0) is 33.5. The molecule has 1 aliphatic rings. The van der Waals surface area contributed by atoms with E-state index in [2.05, 4.69) is 15.6 Å². The van der Waals surface area contributed by atoms with Crippen LogP contribution in [0, 0.1) is 5.92 Å². The highest BCUT2D eigenvalue weighted by Gasteiger charge is 2.55. The van der Waals surface area contributed by atoms with Crippen molar-refractivity contribution in [2.24, 2.45) is 5.92 Å². The lowest BCUT2D eigenvalue weighted by atomic mass is 9.70. The second-order valence-electron chi connectivity index (χ2n) is 12.0. The first-order chi connectivity index (χ1) is 21.1. The van der Waals surface area contributed by atoms with Crippen molar-refractivity contribution in [2.45, 2.75) is 63.7 Å². The Labute approximate surface area is 263 Å². The number of hydrogen-bond acceptors (Lipinski definition) is 9. The summed E-state index contributed by atoms with van der Waals surface area (Å²) in [6, 6.07) is 12.7. The number of aliphatic hydroxyl groups is 1. The van der Waals surface area contributed by atoms with Gasteiger partial charge >= 0.3 is 7.12 Å². The van der Waals surface area contributed by atoms with Crippen molar-refractivity contribution in [3.63, 3.8) is 0 Å². The zero-order valence-corrected chi connectivity index (χ0v) is 26.8. The maximum Gasteiger partial charge on any atom is 0.552 e. The van der Waals surface area contributed by atoms with E-state index >= 15 is 0 Å². The van der Waals surface area contributed by atoms with Gasteiger partial charge in [0.15, 0.2) is 5.60 Å². The van der Waals surface area contributed by atoms with E-state index in [9.17, 15) is 29.1 Å². The number of amides is 4. The molecule has 3 rings (SSSR count). The number of hydrogen-bond donors (Lipinski definition) is 3. The largest absolute Gasteiger partial charge is 0.552 e. The molecule has 1 saturated heterocycles. The first-order valence-electron chi connectivity index (χ1n) is 14.7. The predicted molar refractivity (Wildman–Crippen MR) is 166 cm³/mol. The zero-order valence-electron chi connectivity index (χ0n) is 26.8. The third kappa shape index (κ3) is 9.11. The summed E-state index contributed by atoms with van der Waals surface area (Å²) in [7, 11) is 4.57. The van der Waals surface area contributed by atoms with Crippen molar-refractivity contribution in [2.75, 3.05) is 28.2 Å². The normalized spacial score (nSPS) is 18.3. The van der Waals surface area contributed by atoms with E-state index in [1.54, 1.807) is 12.1 Å². The minimum Gasteiger partial charge on any atom is -0.508 e. The van der Waals surface area contributed by atoms with Crippen LogP contribution < -0.4 is 10.6 Å². The minimum absolute atomic E-state index is 0.0376. The van der Waals surface area contributed by atoms with E-state index < -0.39 is 73.2 Å². The van der Waals surface area contributed by atoms with Gasteiger partial charge in [-0.2, -0.15) is 0 Å². The van der Waals surface area contributed by atoms with Gasteiger partial charge in [0, 0.05) is 33.8 Å². The SMILES string of the molecule is CC(C)C[C@H](NC(=O)C(NC(=O)c1cccc(-c2ccccc2)n1)[C@@H](C)O)B1OC(=O)C[C@](CC(=O)N(C)C)(C(=O)N(C)C)O1. The van der Waals surface area contributed by atoms with E-state index in [0.717, 1.165) is 5.56 Å². The van der Waals surface area contributed by atoms with Gasteiger partial charge in [-0.3, -0.25) is 24.0 Å². The van der Waals surface area contributed by atoms with Crippen molar-refractivity contribution in [1.29, 1.82) is 0 Å². The van der Waals surface area contributed by atoms with Crippen LogP contribution in [0.15, 0.2) is 48.5 Å². The van der Waals surface area contributed by atoms with Crippen molar-refractivity contribution in [3.05, 3.63) is 54.2 Å². The molecule has 0 spiro atoms. The Morgan fingerprint density at radius 1 is 0.978 bits per heavy atom. The third-order valence-electron chi connectivity index (χ3n) is 7.24. The van der Waals surface area contributed by atoms with Crippen LogP contribution in [-0.2, 0) is 28.5 Å². The molecule has 1 aromatic heterocycles. The second kappa shape index (κ2) is 15.1. The number of benzene rings is 1. The molecular formula is C31H42BN5O8. The van der Waals surface area contributed by atoms with Crippen LogP contribution in [-0.4, -0.2) is 108 Å². The van der Waals surface area contributed by atoms with Crippen LogP contribution in [0.5, 0.6) is 0 Å². The van der Waals surface area contributed by atoms with Crippen LogP contribution in [0.2, 0.25) is 0 Å². The summed E-state index contributed by atoms with van der Waals surface area (Å²) in [4.78, 5) is 72.7. The number of nitrogens with one attached hydrogen (secondary N) is 2. The Balaban J connectivity index is 1.86. The first-order valence-corrected chi connectivity index (χ1v) is 14.7. The molecule has 2 heterocycles. The fourth-order valence-electron chi connectivity index (χ4n) is 4.94. The molecule has 0 aliphatic carbocycles. The lowest BCUT2D eigenvalue weighted by Crippen LogP contribution is -2.65. The molecule has 2 aromatic rings. The molecule has 0 bridgehead atoms. The molecule has 4 amide bonds. The quantitative estimate of drug-likeness (QED) is 0.293. The highest BCUT2D eigenvalue weighted by atomic mass is 16.6. The van der Waals surface area contributed by atoms with Gasteiger partial charge in [-0.15, -0.1) is 0 Å². The van der Waals surface area contributed by atoms with Crippen LogP contribution in [0.25, 0.3) is 11.3 Å². The summed E-state index contributed by atoms with van der Waals surface area (Å²) >= 11 is 0. The number of likely N-dealkylation sites (N-methyl/N-ethyl adjacent to an activating group) is 1. The fourth-order valence-corrected chi connectivity index (χ4v) is 4.94. The summed E-state index contributed by atoms with van der Waals surface area (Å²) in [6.45, 7) is 5.09. The van der Waals surface area contributed by atoms with Gasteiger partial charge in [0.2, 0.25) is 11.8 Å². The number of aliphatic hydroxyl groups excluding tert-OH is 1. The number of rotatable bonds is 12. The number of pyridine rings is 1. The van der Waals surface area contributed by atoms with E-state index in [0.29, 0.717) is 5.69 Å². The highest BCUT2D eigenvalue weighted by Crippen LogP contribution is 2.32. The number of nitrogens with zero attached hydrogens (tertiary/aromatic N) is 3. The van der Waals surface area contributed by atoms with Gasteiger partial charge < -0.3 is 34.8 Å². The van der Waals surface area contributed by atoms with Crippen molar-refractivity contribution >= 4 is 36.7 Å². The monoisotopic (exact) mass is 623 g/mol. The van der Waals surface area contributed by atoms with Gasteiger partial charge in [-0.1, -0.05) is 50.2 Å². The van der Waals surface area contributed by atoms with E-state index in [-0.39, 0.29) is 18.0 Å². The highest BCUT2D eigenvalue weighted by molar-refractivity contribution is 6.50. The Hall–Kier alpha value is -4.30. The van der Waals surface area contributed by atoms with Gasteiger partial charge in [0.25, 0.3) is 17.8 Å². The number of carbonyl (C=O) groups is 5. The molecule has 13 nitrogen and oxygen atoms in total. The molecule has 14 heteroatoms. The predicted octanol–water partition coefficient (Wildman–Crippen LogP) is 1.05. The molecular weight excluding hydrogens is 581 g/mol. The molecule has 3 N–H and O–H groups in total. The smallest absolute Gasteiger partial charge is 0.508 e. The summed E-state index contributed by atoms with van der Waals surface area (Å²) in [5.41, 5.74) is -0.474. The van der Waals surface area contributed by atoms with E-state index in [4.69, 9.17) is 9.31 Å². The number of aromatic nitrogens is 1. The molecule has 1 fully saturated rings. The molecule has 1 unspecified atom stereocenters. The average molecular weight is 624 g/mol. The van der Waals surface area contributed by atoms with Crippen LogP contribution in [0.1, 0.15) is 50.5 Å². The average Bonchev–Trinajstić information content (AvgIpc) is 2.98. The molecule has 4 atom stereocenters. The lowest BCUT2D eigenvalue weighted by Gasteiger charge is -2.41. The van der Waals surface area contributed by atoms with Crippen molar-refractivity contribution in [1.82, 2.24) is 25.4 Å². The second-order valence-corrected chi connectivity index (χ2v) is 12.0. The molecule has 0 radical (unpaired) electrons. The van der Waals surface area contributed by atoms with E-state index in [1.807, 2.05) is 44.2 Å². The van der Waals surface area contributed by atoms with E-state index in [1.165, 1.54) is 51.0 Å². The van der Waals surface area contributed by atoms with Crippen LogP contribution in [0.4, 0.5) is 0 Å². The Bertz CT molecular complexity index is 1390.